The molecule has 156 valence electrons. The summed E-state index contributed by atoms with van der Waals surface area (Å²) >= 11 is 5.29. The van der Waals surface area contributed by atoms with Gasteiger partial charge in [0.25, 0.3) is 5.91 Å². The molecular formula is C18H21N3O6S2. The summed E-state index contributed by atoms with van der Waals surface area (Å²) in [5.74, 6) is 0.928. The number of carbonyl (C=O) groups excluding carboxylic acids is 1. The van der Waals surface area contributed by atoms with E-state index in [1.54, 1.807) is 24.1 Å². The number of hydrogen-bond donors (Lipinski definition) is 1. The van der Waals surface area contributed by atoms with E-state index in [0.717, 1.165) is 5.69 Å². The molecule has 1 aromatic rings. The molecule has 2 aliphatic heterocycles. The fraction of sp³-hybridized carbons (Fsp3) is 0.333. The summed E-state index contributed by atoms with van der Waals surface area (Å²) in [6.07, 6.45) is 3.66. The lowest BCUT2D eigenvalue weighted by atomic mass is 10.2. The Morgan fingerprint density at radius 1 is 1.24 bits per heavy atom. The number of thiocarbonyl (C=S) groups is 1. The van der Waals surface area contributed by atoms with Gasteiger partial charge in [-0.1, -0.05) is 12.1 Å². The van der Waals surface area contributed by atoms with Gasteiger partial charge in [0.1, 0.15) is 5.70 Å². The highest BCUT2D eigenvalue weighted by Gasteiger charge is 2.34. The van der Waals surface area contributed by atoms with Gasteiger partial charge in [0, 0.05) is 26.2 Å². The third-order valence-electron chi connectivity index (χ3n) is 4.43. The molecule has 0 aromatic heterocycles. The van der Waals surface area contributed by atoms with Crippen LogP contribution in [-0.4, -0.2) is 60.5 Å². The number of para-hydroxylation sites is 2. The minimum Gasteiger partial charge on any atom is -0.439 e. The van der Waals surface area contributed by atoms with E-state index in [4.69, 9.17) is 21.5 Å². The SMILES string of the molecule is CCN1C(=S)N(C)C(=O)C1=CC=C1Oc2ccccc2N1CCCOS(=O)(=O)O. The maximum atomic E-state index is 12.4. The Hall–Kier alpha value is -2.47. The van der Waals surface area contributed by atoms with Gasteiger partial charge in [0.05, 0.1) is 12.3 Å². The van der Waals surface area contributed by atoms with Gasteiger partial charge in [-0.3, -0.25) is 14.2 Å². The van der Waals surface area contributed by atoms with Crippen LogP contribution in [0.5, 0.6) is 5.75 Å². The topological polar surface area (TPSA) is 99.6 Å². The number of allylic oxidation sites excluding steroid dienone is 2. The molecule has 1 fully saturated rings. The second-order valence-electron chi connectivity index (χ2n) is 6.27. The first-order chi connectivity index (χ1) is 13.7. The second kappa shape index (κ2) is 8.49. The number of anilines is 1. The van der Waals surface area contributed by atoms with Gasteiger partial charge >= 0.3 is 10.4 Å². The van der Waals surface area contributed by atoms with Crippen LogP contribution in [0, 0.1) is 0 Å². The normalized spacial score (nSPS) is 19.5. The molecule has 29 heavy (non-hydrogen) atoms. The van der Waals surface area contributed by atoms with Gasteiger partial charge in [-0.25, -0.2) is 4.18 Å². The Kier molecular flexibility index (Phi) is 6.22. The fourth-order valence-corrected chi connectivity index (χ4v) is 3.71. The van der Waals surface area contributed by atoms with E-state index in [2.05, 4.69) is 4.18 Å². The summed E-state index contributed by atoms with van der Waals surface area (Å²) in [5, 5.41) is 0.442. The molecule has 0 saturated carbocycles. The fourth-order valence-electron chi connectivity index (χ4n) is 3.07. The van der Waals surface area contributed by atoms with E-state index in [1.165, 1.54) is 4.90 Å². The van der Waals surface area contributed by atoms with E-state index in [-0.39, 0.29) is 12.5 Å². The van der Waals surface area contributed by atoms with Crippen molar-refractivity contribution in [1.82, 2.24) is 9.80 Å². The van der Waals surface area contributed by atoms with Crippen LogP contribution in [0.2, 0.25) is 0 Å². The van der Waals surface area contributed by atoms with Crippen molar-refractivity contribution in [3.8, 4) is 5.75 Å². The molecule has 0 radical (unpaired) electrons. The van der Waals surface area contributed by atoms with Crippen LogP contribution in [0.1, 0.15) is 13.3 Å². The zero-order valence-electron chi connectivity index (χ0n) is 15.9. The number of nitrogens with zero attached hydrogens (tertiary/aromatic N) is 3. The molecular weight excluding hydrogens is 418 g/mol. The molecule has 0 bridgehead atoms. The smallest absolute Gasteiger partial charge is 0.397 e. The van der Waals surface area contributed by atoms with Gasteiger partial charge < -0.3 is 14.5 Å². The third-order valence-corrected chi connectivity index (χ3v) is 5.39. The first kappa shape index (κ1) is 21.2. The van der Waals surface area contributed by atoms with Gasteiger partial charge in [-0.05, 0) is 43.8 Å². The van der Waals surface area contributed by atoms with E-state index in [0.29, 0.717) is 42.0 Å². The van der Waals surface area contributed by atoms with Crippen LogP contribution in [0.15, 0.2) is 48.0 Å². The second-order valence-corrected chi connectivity index (χ2v) is 7.73. The summed E-state index contributed by atoms with van der Waals surface area (Å²) in [6.45, 7) is 2.67. The molecule has 3 rings (SSSR count). The number of rotatable bonds is 7. The Labute approximate surface area is 174 Å². The van der Waals surface area contributed by atoms with Crippen LogP contribution in [0.3, 0.4) is 0 Å². The average molecular weight is 440 g/mol. The van der Waals surface area contributed by atoms with E-state index in [9.17, 15) is 13.2 Å². The number of benzene rings is 1. The largest absolute Gasteiger partial charge is 0.439 e. The molecule has 1 saturated heterocycles. The van der Waals surface area contributed by atoms with Gasteiger partial charge in [-0.2, -0.15) is 8.42 Å². The average Bonchev–Trinajstić information content (AvgIpc) is 3.12. The van der Waals surface area contributed by atoms with Crippen molar-refractivity contribution in [2.75, 3.05) is 31.6 Å². The molecule has 1 N–H and O–H groups in total. The van der Waals surface area contributed by atoms with Crippen molar-refractivity contribution >= 4 is 39.3 Å². The lowest BCUT2D eigenvalue weighted by Gasteiger charge is -2.18. The van der Waals surface area contributed by atoms with Crippen LogP contribution >= 0.6 is 12.2 Å². The Morgan fingerprint density at radius 2 is 1.97 bits per heavy atom. The lowest BCUT2D eigenvalue weighted by Crippen LogP contribution is -2.29. The number of amides is 1. The minimum atomic E-state index is -4.47. The van der Waals surface area contributed by atoms with Crippen LogP contribution in [0.4, 0.5) is 5.69 Å². The van der Waals surface area contributed by atoms with Gasteiger partial charge in [0.2, 0.25) is 5.88 Å². The molecule has 2 heterocycles. The molecule has 2 aliphatic rings. The molecule has 0 spiro atoms. The highest BCUT2D eigenvalue weighted by molar-refractivity contribution is 7.81. The minimum absolute atomic E-state index is 0.174. The number of hydrogen-bond acceptors (Lipinski definition) is 7. The maximum absolute atomic E-state index is 12.4. The predicted octanol–water partition coefficient (Wildman–Crippen LogP) is 1.90. The van der Waals surface area contributed by atoms with Crippen molar-refractivity contribution < 1.29 is 26.7 Å². The summed E-state index contributed by atoms with van der Waals surface area (Å²) in [5.41, 5.74) is 1.25. The molecule has 11 heteroatoms. The molecule has 9 nitrogen and oxygen atoms in total. The van der Waals surface area contributed by atoms with Crippen molar-refractivity contribution in [2.24, 2.45) is 0 Å². The van der Waals surface area contributed by atoms with E-state index >= 15 is 0 Å². The molecule has 1 aromatic carbocycles. The standard InChI is InChI=1S/C18H21N3O6S2/c1-3-20-14(17(22)19(2)18(20)28)9-10-16-21(11-6-12-26-29(23,24)25)13-7-4-5-8-15(13)27-16/h4-5,7-10H,3,6,11-12H2,1-2H3,(H,23,24,25). The van der Waals surface area contributed by atoms with Gasteiger partial charge in [-0.15, -0.1) is 0 Å². The third kappa shape index (κ3) is 4.58. The van der Waals surface area contributed by atoms with Crippen molar-refractivity contribution in [3.63, 3.8) is 0 Å². The molecule has 0 aliphatic carbocycles. The molecule has 0 atom stereocenters. The number of fused-ring (bicyclic) bond motifs is 1. The Bertz CT molecular complexity index is 989. The summed E-state index contributed by atoms with van der Waals surface area (Å²) < 4.78 is 40.4. The van der Waals surface area contributed by atoms with Gasteiger partial charge in [0.15, 0.2) is 10.9 Å². The number of ether oxygens (including phenoxy) is 1. The van der Waals surface area contributed by atoms with Crippen molar-refractivity contribution in [3.05, 3.63) is 48.0 Å². The molecule has 1 amide bonds. The Balaban J connectivity index is 1.83. The van der Waals surface area contributed by atoms with Crippen LogP contribution < -0.4 is 9.64 Å². The quantitative estimate of drug-likeness (QED) is 0.295. The highest BCUT2D eigenvalue weighted by Crippen LogP contribution is 2.38. The maximum Gasteiger partial charge on any atom is 0.397 e. The first-order valence-corrected chi connectivity index (χ1v) is 10.7. The van der Waals surface area contributed by atoms with Crippen LogP contribution in [0.25, 0.3) is 0 Å². The monoisotopic (exact) mass is 439 g/mol. The lowest BCUT2D eigenvalue weighted by molar-refractivity contribution is -0.121. The van der Waals surface area contributed by atoms with Crippen molar-refractivity contribution in [2.45, 2.75) is 13.3 Å². The highest BCUT2D eigenvalue weighted by atomic mass is 32.3. The number of carbonyl (C=O) groups is 1. The summed E-state index contributed by atoms with van der Waals surface area (Å²) in [4.78, 5) is 17.4. The zero-order chi connectivity index (χ0) is 21.2. The summed E-state index contributed by atoms with van der Waals surface area (Å²) in [6, 6.07) is 7.38. The van der Waals surface area contributed by atoms with Crippen LogP contribution in [-0.2, 0) is 19.4 Å². The van der Waals surface area contributed by atoms with E-state index < -0.39 is 10.4 Å². The Morgan fingerprint density at radius 3 is 2.66 bits per heavy atom. The van der Waals surface area contributed by atoms with Crippen molar-refractivity contribution in [1.29, 1.82) is 0 Å². The zero-order valence-corrected chi connectivity index (χ0v) is 17.6. The molecule has 0 unspecified atom stereocenters. The predicted molar refractivity (Wildman–Crippen MR) is 110 cm³/mol. The van der Waals surface area contributed by atoms with E-state index in [1.807, 2.05) is 36.1 Å². The first-order valence-electron chi connectivity index (χ1n) is 8.90. The summed E-state index contributed by atoms with van der Waals surface area (Å²) in [7, 11) is -2.84. The number of likely N-dealkylation sites (N-methyl/N-ethyl adjacent to an activating group) is 2.